The quantitative estimate of drug-likeness (QED) is 0.429. The maximum Gasteiger partial charge on any atom is 0.340 e. The Morgan fingerprint density at radius 1 is 1.30 bits per heavy atom. The number of amides is 1. The van der Waals surface area contributed by atoms with Crippen LogP contribution in [0.15, 0.2) is 23.8 Å². The molecule has 1 amide bonds. The predicted octanol–water partition coefficient (Wildman–Crippen LogP) is 4.66. The molecule has 8 heteroatoms. The first-order valence-electron chi connectivity index (χ1n) is 8.03. The maximum absolute atomic E-state index is 12.5. The van der Waals surface area contributed by atoms with E-state index in [9.17, 15) is 14.9 Å². The van der Waals surface area contributed by atoms with E-state index in [1.165, 1.54) is 6.08 Å². The number of aromatic nitrogens is 1. The topological polar surface area (TPSA) is 95.0 Å². The van der Waals surface area contributed by atoms with E-state index in [0.717, 1.165) is 0 Å². The van der Waals surface area contributed by atoms with Crippen molar-refractivity contribution in [1.29, 1.82) is 5.26 Å². The van der Waals surface area contributed by atoms with Gasteiger partial charge in [-0.3, -0.25) is 4.79 Å². The van der Waals surface area contributed by atoms with Crippen LogP contribution >= 0.6 is 23.2 Å². The Hall–Kier alpha value is -2.75. The molecule has 2 aromatic rings. The number of esters is 1. The fraction of sp³-hybridized carbons (Fsp3) is 0.211. The molecule has 2 N–H and O–H groups in total. The molecule has 0 unspecified atom stereocenters. The van der Waals surface area contributed by atoms with Gasteiger partial charge in [-0.1, -0.05) is 29.3 Å². The third-order valence-electron chi connectivity index (χ3n) is 3.81. The summed E-state index contributed by atoms with van der Waals surface area (Å²) in [6.07, 6.45) is 1.37. The van der Waals surface area contributed by atoms with Crippen LogP contribution in [0, 0.1) is 25.2 Å². The van der Waals surface area contributed by atoms with Gasteiger partial charge in [-0.15, -0.1) is 0 Å². The Morgan fingerprint density at radius 2 is 1.93 bits per heavy atom. The molecule has 0 atom stereocenters. The smallest absolute Gasteiger partial charge is 0.340 e. The average Bonchev–Trinajstić information content (AvgIpc) is 2.89. The van der Waals surface area contributed by atoms with Crippen LogP contribution in [0.3, 0.4) is 0 Å². The molecule has 6 nitrogen and oxygen atoms in total. The molecule has 1 heterocycles. The van der Waals surface area contributed by atoms with Crippen LogP contribution in [0.5, 0.6) is 0 Å². The van der Waals surface area contributed by atoms with Gasteiger partial charge < -0.3 is 15.0 Å². The average molecular weight is 406 g/mol. The summed E-state index contributed by atoms with van der Waals surface area (Å²) in [7, 11) is 0. The van der Waals surface area contributed by atoms with E-state index in [2.05, 4.69) is 10.3 Å². The standard InChI is InChI=1S/C19H17Cl2N3O3/c1-4-27-19(26)16-10(2)15(23-11(16)3)8-12(9-22)18(25)24-17-13(20)6-5-7-14(17)21/h5-8,23H,4H2,1-3H3,(H,24,25)/b12-8+. The summed E-state index contributed by atoms with van der Waals surface area (Å²) in [6, 6.07) is 6.63. The minimum atomic E-state index is -0.670. The summed E-state index contributed by atoms with van der Waals surface area (Å²) in [5, 5.41) is 12.4. The van der Waals surface area contributed by atoms with Crippen molar-refractivity contribution in [3.05, 3.63) is 56.3 Å². The third-order valence-corrected chi connectivity index (χ3v) is 4.44. The van der Waals surface area contributed by atoms with Crippen LogP contribution in [0.2, 0.25) is 10.0 Å². The zero-order chi connectivity index (χ0) is 20.1. The van der Waals surface area contributed by atoms with Crippen molar-refractivity contribution in [2.24, 2.45) is 0 Å². The van der Waals surface area contributed by atoms with Crippen molar-refractivity contribution < 1.29 is 14.3 Å². The zero-order valence-electron chi connectivity index (χ0n) is 14.9. The van der Waals surface area contributed by atoms with Crippen LogP contribution in [-0.2, 0) is 9.53 Å². The summed E-state index contributed by atoms with van der Waals surface area (Å²) in [5.74, 6) is -1.13. The highest BCUT2D eigenvalue weighted by molar-refractivity contribution is 6.40. The van der Waals surface area contributed by atoms with Crippen LogP contribution in [-0.4, -0.2) is 23.5 Å². The largest absolute Gasteiger partial charge is 0.462 e. The van der Waals surface area contributed by atoms with Crippen LogP contribution in [0.25, 0.3) is 6.08 Å². The van der Waals surface area contributed by atoms with Crippen molar-refractivity contribution in [2.45, 2.75) is 20.8 Å². The summed E-state index contributed by atoms with van der Waals surface area (Å²) >= 11 is 12.1. The van der Waals surface area contributed by atoms with E-state index >= 15 is 0 Å². The molecule has 0 aliphatic heterocycles. The lowest BCUT2D eigenvalue weighted by molar-refractivity contribution is -0.112. The first kappa shape index (κ1) is 20.6. The van der Waals surface area contributed by atoms with E-state index in [1.807, 2.05) is 6.07 Å². The summed E-state index contributed by atoms with van der Waals surface area (Å²) in [6.45, 7) is 5.39. The normalized spacial score (nSPS) is 11.0. The Morgan fingerprint density at radius 3 is 2.48 bits per heavy atom. The second kappa shape index (κ2) is 8.76. The first-order chi connectivity index (χ1) is 12.8. The molecule has 27 heavy (non-hydrogen) atoms. The van der Waals surface area contributed by atoms with E-state index in [0.29, 0.717) is 22.5 Å². The van der Waals surface area contributed by atoms with Gasteiger partial charge >= 0.3 is 5.97 Å². The molecule has 140 valence electrons. The molecule has 0 spiro atoms. The predicted molar refractivity (Wildman–Crippen MR) is 105 cm³/mol. The van der Waals surface area contributed by atoms with Gasteiger partial charge in [0.25, 0.3) is 5.91 Å². The Labute approximate surface area is 166 Å². The number of anilines is 1. The van der Waals surface area contributed by atoms with Crippen molar-refractivity contribution in [1.82, 2.24) is 4.98 Å². The number of H-pyrrole nitrogens is 1. The molecule has 0 fully saturated rings. The van der Waals surface area contributed by atoms with E-state index in [-0.39, 0.29) is 27.9 Å². The molecule has 1 aromatic carbocycles. The summed E-state index contributed by atoms with van der Waals surface area (Å²) < 4.78 is 5.03. The van der Waals surface area contributed by atoms with E-state index in [1.54, 1.807) is 39.0 Å². The van der Waals surface area contributed by atoms with E-state index < -0.39 is 11.9 Å². The molecular formula is C19H17Cl2N3O3. The van der Waals surface area contributed by atoms with Crippen molar-refractivity contribution in [3.8, 4) is 6.07 Å². The first-order valence-corrected chi connectivity index (χ1v) is 8.79. The van der Waals surface area contributed by atoms with Gasteiger partial charge in [0.15, 0.2) is 0 Å². The number of carbonyl (C=O) groups excluding carboxylic acids is 2. The van der Waals surface area contributed by atoms with Gasteiger partial charge in [-0.2, -0.15) is 5.26 Å². The van der Waals surface area contributed by atoms with Crippen molar-refractivity contribution >= 4 is 46.8 Å². The fourth-order valence-corrected chi connectivity index (χ4v) is 3.01. The number of benzene rings is 1. The highest BCUT2D eigenvalue weighted by Gasteiger charge is 2.20. The third kappa shape index (κ3) is 4.51. The number of aromatic amines is 1. The molecule has 0 aliphatic carbocycles. The van der Waals surface area contributed by atoms with Crippen LogP contribution in [0.4, 0.5) is 5.69 Å². The number of nitriles is 1. The lowest BCUT2D eigenvalue weighted by Crippen LogP contribution is -2.14. The van der Waals surface area contributed by atoms with Gasteiger partial charge in [0.05, 0.1) is 27.9 Å². The zero-order valence-corrected chi connectivity index (χ0v) is 16.5. The lowest BCUT2D eigenvalue weighted by atomic mass is 10.1. The number of nitrogens with zero attached hydrogens (tertiary/aromatic N) is 1. The number of nitrogens with one attached hydrogen (secondary N) is 2. The Bertz CT molecular complexity index is 951. The number of hydrogen-bond donors (Lipinski definition) is 2. The number of aryl methyl sites for hydroxylation is 1. The number of rotatable bonds is 5. The lowest BCUT2D eigenvalue weighted by Gasteiger charge is -2.08. The Kier molecular flexibility index (Phi) is 6.67. The second-order valence-corrected chi connectivity index (χ2v) is 6.42. The fourth-order valence-electron chi connectivity index (χ4n) is 2.52. The van der Waals surface area contributed by atoms with Gasteiger partial charge in [0.2, 0.25) is 0 Å². The van der Waals surface area contributed by atoms with Gasteiger partial charge in [0.1, 0.15) is 11.6 Å². The molecule has 0 radical (unpaired) electrons. The Balaban J connectivity index is 2.36. The van der Waals surface area contributed by atoms with Crippen LogP contribution < -0.4 is 5.32 Å². The van der Waals surface area contributed by atoms with Crippen molar-refractivity contribution in [2.75, 3.05) is 11.9 Å². The van der Waals surface area contributed by atoms with Gasteiger partial charge in [-0.25, -0.2) is 4.79 Å². The van der Waals surface area contributed by atoms with E-state index in [4.69, 9.17) is 27.9 Å². The number of ether oxygens (including phenoxy) is 1. The van der Waals surface area contributed by atoms with Crippen LogP contribution in [0.1, 0.15) is 34.2 Å². The van der Waals surface area contributed by atoms with Gasteiger partial charge in [0, 0.05) is 11.4 Å². The summed E-state index contributed by atoms with van der Waals surface area (Å²) in [5.41, 5.74) is 2.07. The van der Waals surface area contributed by atoms with Gasteiger partial charge in [-0.05, 0) is 44.5 Å². The molecular weight excluding hydrogens is 389 g/mol. The molecule has 1 aromatic heterocycles. The maximum atomic E-state index is 12.5. The minimum Gasteiger partial charge on any atom is -0.462 e. The number of para-hydroxylation sites is 1. The summed E-state index contributed by atoms with van der Waals surface area (Å²) in [4.78, 5) is 27.5. The minimum absolute atomic E-state index is 0.175. The number of hydrogen-bond acceptors (Lipinski definition) is 4. The highest BCUT2D eigenvalue weighted by atomic mass is 35.5. The molecule has 0 saturated heterocycles. The molecule has 0 aliphatic rings. The highest BCUT2D eigenvalue weighted by Crippen LogP contribution is 2.30. The molecule has 0 bridgehead atoms. The monoisotopic (exact) mass is 405 g/mol. The number of carbonyl (C=O) groups is 2. The molecule has 2 rings (SSSR count). The second-order valence-electron chi connectivity index (χ2n) is 5.60. The van der Waals surface area contributed by atoms with Crippen molar-refractivity contribution in [3.63, 3.8) is 0 Å². The molecule has 0 saturated carbocycles. The SMILES string of the molecule is CCOC(=O)c1c(C)[nH]c(/C=C(\C#N)C(=O)Nc2c(Cl)cccc2Cl)c1C. The number of halogens is 2.